The molecule has 0 saturated carbocycles. The molecule has 0 aromatic heterocycles. The lowest BCUT2D eigenvalue weighted by Crippen LogP contribution is -2.24. The van der Waals surface area contributed by atoms with Crippen molar-refractivity contribution >= 4 is 23.2 Å². The molecule has 0 aliphatic rings. The Kier molecular flexibility index (Phi) is 6.43. The Balaban J connectivity index is 2.10. The number of amides is 1. The molecule has 2 rings (SSSR count). The molecule has 0 heterocycles. The van der Waals surface area contributed by atoms with Crippen molar-refractivity contribution < 1.29 is 4.79 Å². The van der Waals surface area contributed by atoms with Crippen LogP contribution in [0.2, 0.25) is 5.02 Å². The van der Waals surface area contributed by atoms with Crippen LogP contribution in [0.15, 0.2) is 60.3 Å². The van der Waals surface area contributed by atoms with Gasteiger partial charge < -0.3 is 10.6 Å². The van der Waals surface area contributed by atoms with E-state index in [1.807, 2.05) is 48.5 Å². The fraction of sp³-hybridized carbons (Fsp3) is 0.238. The number of hydrogen-bond donors (Lipinski definition) is 2. The van der Waals surface area contributed by atoms with Crippen molar-refractivity contribution in [1.29, 1.82) is 5.26 Å². The maximum Gasteiger partial charge on any atom is 0.263 e. The molecular weight excluding hydrogens is 346 g/mol. The van der Waals surface area contributed by atoms with Gasteiger partial charge in [-0.1, -0.05) is 68.8 Å². The highest BCUT2D eigenvalue weighted by molar-refractivity contribution is 6.31. The van der Waals surface area contributed by atoms with Gasteiger partial charge in [0.2, 0.25) is 0 Å². The van der Waals surface area contributed by atoms with E-state index in [2.05, 4.69) is 31.4 Å². The van der Waals surface area contributed by atoms with Crippen molar-refractivity contribution in [2.45, 2.75) is 32.7 Å². The number of anilines is 1. The first kappa shape index (κ1) is 19.6. The highest BCUT2D eigenvalue weighted by atomic mass is 35.5. The number of nitrogens with zero attached hydrogens (tertiary/aromatic N) is 1. The Bertz CT molecular complexity index is 860. The van der Waals surface area contributed by atoms with Gasteiger partial charge in [-0.15, -0.1) is 0 Å². The molecule has 0 bridgehead atoms. The minimum absolute atomic E-state index is 0.000709. The monoisotopic (exact) mass is 367 g/mol. The lowest BCUT2D eigenvalue weighted by Gasteiger charge is -2.22. The summed E-state index contributed by atoms with van der Waals surface area (Å²) in [6.45, 7) is 6.59. The maximum absolute atomic E-state index is 12.3. The van der Waals surface area contributed by atoms with Gasteiger partial charge in [0.15, 0.2) is 0 Å². The molecule has 0 fully saturated rings. The Morgan fingerprint density at radius 3 is 2.46 bits per heavy atom. The van der Waals surface area contributed by atoms with Gasteiger partial charge in [0.25, 0.3) is 5.91 Å². The molecule has 0 atom stereocenters. The summed E-state index contributed by atoms with van der Waals surface area (Å²) in [5, 5.41) is 15.7. The molecule has 2 N–H and O–H groups in total. The second kappa shape index (κ2) is 8.55. The topological polar surface area (TPSA) is 64.9 Å². The Morgan fingerprint density at radius 2 is 1.81 bits per heavy atom. The first-order valence-electron chi connectivity index (χ1n) is 8.31. The summed E-state index contributed by atoms with van der Waals surface area (Å²) in [7, 11) is 0. The summed E-state index contributed by atoms with van der Waals surface area (Å²) < 4.78 is 0. The van der Waals surface area contributed by atoms with E-state index in [4.69, 9.17) is 11.6 Å². The largest absolute Gasteiger partial charge is 0.360 e. The Labute approximate surface area is 159 Å². The maximum atomic E-state index is 12.3. The van der Waals surface area contributed by atoms with Crippen LogP contribution in [-0.2, 0) is 16.8 Å². The van der Waals surface area contributed by atoms with Crippen LogP contribution in [-0.4, -0.2) is 5.91 Å². The third-order valence-electron chi connectivity index (χ3n) is 3.87. The summed E-state index contributed by atoms with van der Waals surface area (Å²) in [6, 6.07) is 17.0. The lowest BCUT2D eigenvalue weighted by molar-refractivity contribution is -0.117. The normalized spacial score (nSPS) is 11.6. The second-order valence-corrected chi connectivity index (χ2v) is 7.29. The van der Waals surface area contributed by atoms with Crippen LogP contribution < -0.4 is 10.6 Å². The number of hydrogen-bond acceptors (Lipinski definition) is 3. The number of halogens is 1. The lowest BCUT2D eigenvalue weighted by atomic mass is 9.86. The van der Waals surface area contributed by atoms with Crippen LogP contribution in [0.5, 0.6) is 0 Å². The first-order valence-corrected chi connectivity index (χ1v) is 8.68. The standard InChI is InChI=1S/C21H22ClN3O/c1-21(2,3)17-9-5-7-11-19(17)24-14-16(12-23)20(26)25-13-15-8-4-6-10-18(15)22/h4-11,14,24H,13H2,1-3H3,(H,25,26)/b16-14-. The van der Waals surface area contributed by atoms with E-state index in [1.165, 1.54) is 6.20 Å². The summed E-state index contributed by atoms with van der Waals surface area (Å²) in [5.74, 6) is -0.451. The quantitative estimate of drug-likeness (QED) is 0.590. The molecule has 0 aliphatic carbocycles. The molecule has 0 aliphatic heterocycles. The van der Waals surface area contributed by atoms with Crippen LogP contribution >= 0.6 is 11.6 Å². The van der Waals surface area contributed by atoms with Crippen molar-refractivity contribution in [2.75, 3.05) is 5.32 Å². The average molecular weight is 368 g/mol. The first-order chi connectivity index (χ1) is 12.3. The molecule has 0 unspecified atom stereocenters. The molecule has 5 heteroatoms. The summed E-state index contributed by atoms with van der Waals surface area (Å²) in [5.41, 5.74) is 2.71. The molecule has 2 aromatic rings. The van der Waals surface area contributed by atoms with Crippen LogP contribution in [0.3, 0.4) is 0 Å². The van der Waals surface area contributed by atoms with Gasteiger partial charge in [0.1, 0.15) is 11.6 Å². The van der Waals surface area contributed by atoms with E-state index in [-0.39, 0.29) is 17.5 Å². The summed E-state index contributed by atoms with van der Waals surface area (Å²) >= 11 is 6.08. The Morgan fingerprint density at radius 1 is 1.15 bits per heavy atom. The van der Waals surface area contributed by atoms with Gasteiger partial charge in [-0.05, 0) is 28.7 Å². The fourth-order valence-electron chi connectivity index (χ4n) is 2.47. The van der Waals surface area contributed by atoms with Gasteiger partial charge in [0.05, 0.1) is 0 Å². The van der Waals surface area contributed by atoms with E-state index in [1.54, 1.807) is 6.07 Å². The predicted octanol–water partition coefficient (Wildman–Crippen LogP) is 4.77. The molecule has 0 spiro atoms. The van der Waals surface area contributed by atoms with Crippen molar-refractivity contribution in [3.05, 3.63) is 76.5 Å². The number of benzene rings is 2. The highest BCUT2D eigenvalue weighted by Gasteiger charge is 2.17. The van der Waals surface area contributed by atoms with Gasteiger partial charge in [0, 0.05) is 23.5 Å². The van der Waals surface area contributed by atoms with Gasteiger partial charge >= 0.3 is 0 Å². The van der Waals surface area contributed by atoms with E-state index in [9.17, 15) is 10.1 Å². The summed E-state index contributed by atoms with van der Waals surface area (Å²) in [4.78, 5) is 12.3. The van der Waals surface area contributed by atoms with Crippen LogP contribution in [0.25, 0.3) is 0 Å². The van der Waals surface area contributed by atoms with E-state index < -0.39 is 5.91 Å². The van der Waals surface area contributed by atoms with Gasteiger partial charge in [-0.3, -0.25) is 4.79 Å². The Hall–Kier alpha value is -2.77. The summed E-state index contributed by atoms with van der Waals surface area (Å²) in [6.07, 6.45) is 1.44. The van der Waals surface area contributed by atoms with Crippen LogP contribution in [0, 0.1) is 11.3 Å². The SMILES string of the molecule is CC(C)(C)c1ccccc1N/C=C(/C#N)C(=O)NCc1ccccc1Cl. The average Bonchev–Trinajstić information content (AvgIpc) is 2.61. The third kappa shape index (κ3) is 5.11. The van der Waals surface area contributed by atoms with Crippen LogP contribution in [0.1, 0.15) is 31.9 Å². The minimum Gasteiger partial charge on any atom is -0.360 e. The number of para-hydroxylation sites is 1. The zero-order valence-corrected chi connectivity index (χ0v) is 15.9. The molecule has 134 valence electrons. The number of rotatable bonds is 5. The zero-order chi connectivity index (χ0) is 19.2. The van der Waals surface area contributed by atoms with Crippen molar-refractivity contribution in [2.24, 2.45) is 0 Å². The second-order valence-electron chi connectivity index (χ2n) is 6.88. The molecular formula is C21H22ClN3O. The van der Waals surface area contributed by atoms with Crippen molar-refractivity contribution in [3.63, 3.8) is 0 Å². The fourth-order valence-corrected chi connectivity index (χ4v) is 2.68. The van der Waals surface area contributed by atoms with Gasteiger partial charge in [-0.2, -0.15) is 5.26 Å². The van der Waals surface area contributed by atoms with Crippen LogP contribution in [0.4, 0.5) is 5.69 Å². The molecule has 2 aromatic carbocycles. The third-order valence-corrected chi connectivity index (χ3v) is 4.24. The molecule has 0 radical (unpaired) electrons. The van der Waals surface area contributed by atoms with E-state index in [0.717, 1.165) is 16.8 Å². The minimum atomic E-state index is -0.451. The van der Waals surface area contributed by atoms with Crippen molar-refractivity contribution in [1.82, 2.24) is 5.32 Å². The van der Waals surface area contributed by atoms with E-state index >= 15 is 0 Å². The molecule has 26 heavy (non-hydrogen) atoms. The van der Waals surface area contributed by atoms with E-state index in [0.29, 0.717) is 5.02 Å². The van der Waals surface area contributed by atoms with Crippen molar-refractivity contribution in [3.8, 4) is 6.07 Å². The highest BCUT2D eigenvalue weighted by Crippen LogP contribution is 2.29. The number of carbonyl (C=O) groups excluding carboxylic acids is 1. The number of nitrogens with one attached hydrogen (secondary N) is 2. The number of carbonyl (C=O) groups is 1. The number of nitriles is 1. The molecule has 0 saturated heterocycles. The molecule has 4 nitrogen and oxygen atoms in total. The predicted molar refractivity (Wildman–Crippen MR) is 106 cm³/mol. The molecule has 1 amide bonds. The van der Waals surface area contributed by atoms with Gasteiger partial charge in [-0.25, -0.2) is 0 Å². The smallest absolute Gasteiger partial charge is 0.263 e. The zero-order valence-electron chi connectivity index (χ0n) is 15.1.